The van der Waals surface area contributed by atoms with Crippen LogP contribution in [0.3, 0.4) is 0 Å². The van der Waals surface area contributed by atoms with E-state index in [0.29, 0.717) is 16.3 Å². The number of rotatable bonds is 3. The van der Waals surface area contributed by atoms with Gasteiger partial charge in [0.25, 0.3) is 0 Å². The van der Waals surface area contributed by atoms with Gasteiger partial charge in [0.15, 0.2) is 0 Å². The van der Waals surface area contributed by atoms with Gasteiger partial charge in [0.2, 0.25) is 0 Å². The third-order valence-electron chi connectivity index (χ3n) is 3.36. The molecule has 0 bridgehead atoms. The molecule has 0 radical (unpaired) electrons. The smallest absolute Gasteiger partial charge is 0.125 e. The molecule has 0 saturated heterocycles. The number of halogens is 1. The van der Waals surface area contributed by atoms with E-state index in [1.54, 1.807) is 32.2 Å². The number of benzene rings is 2. The predicted octanol–water partition coefficient (Wildman–Crippen LogP) is 3.91. The Morgan fingerprint density at radius 3 is 2.42 bits per heavy atom. The zero-order chi connectivity index (χ0) is 14.0. The number of methoxy groups -OCH3 is 1. The molecule has 0 amide bonds. The first kappa shape index (κ1) is 13.9. The van der Waals surface area contributed by atoms with Crippen molar-refractivity contribution in [3.63, 3.8) is 0 Å². The van der Waals surface area contributed by atoms with Gasteiger partial charge in [-0.1, -0.05) is 35.9 Å². The monoisotopic (exact) mass is 276 g/mol. The molecule has 0 saturated carbocycles. The molecular weight excluding hydrogens is 260 g/mol. The number of aryl methyl sites for hydroxylation is 1. The SMILES string of the molecule is COc1ccc(Cl)cc1C(C)(O)c1ccccc1C. The fraction of sp³-hybridized carbons (Fsp3) is 0.250. The molecule has 0 aliphatic carbocycles. The molecule has 1 atom stereocenters. The summed E-state index contributed by atoms with van der Waals surface area (Å²) in [6, 6.07) is 13.0. The van der Waals surface area contributed by atoms with Crippen molar-refractivity contribution in [2.75, 3.05) is 7.11 Å². The molecule has 0 aliphatic rings. The first-order chi connectivity index (χ1) is 8.96. The molecule has 0 aromatic heterocycles. The van der Waals surface area contributed by atoms with Gasteiger partial charge in [0.1, 0.15) is 11.4 Å². The highest BCUT2D eigenvalue weighted by atomic mass is 35.5. The van der Waals surface area contributed by atoms with Crippen LogP contribution in [0.1, 0.15) is 23.6 Å². The van der Waals surface area contributed by atoms with Gasteiger partial charge in [-0.15, -0.1) is 0 Å². The summed E-state index contributed by atoms with van der Waals surface area (Å²) in [5, 5.41) is 11.5. The minimum absolute atomic E-state index is 0.574. The summed E-state index contributed by atoms with van der Waals surface area (Å²) in [4.78, 5) is 0. The van der Waals surface area contributed by atoms with E-state index < -0.39 is 5.60 Å². The second kappa shape index (κ2) is 5.24. The van der Waals surface area contributed by atoms with Crippen molar-refractivity contribution < 1.29 is 9.84 Å². The van der Waals surface area contributed by atoms with Crippen molar-refractivity contribution in [2.24, 2.45) is 0 Å². The number of aliphatic hydroxyl groups is 1. The van der Waals surface area contributed by atoms with Crippen LogP contribution in [0, 0.1) is 6.92 Å². The van der Waals surface area contributed by atoms with Crippen molar-refractivity contribution in [2.45, 2.75) is 19.4 Å². The van der Waals surface area contributed by atoms with Gasteiger partial charge in [0.05, 0.1) is 7.11 Å². The lowest BCUT2D eigenvalue weighted by Crippen LogP contribution is -2.24. The van der Waals surface area contributed by atoms with Crippen LogP contribution in [0.2, 0.25) is 5.02 Å². The van der Waals surface area contributed by atoms with Gasteiger partial charge in [-0.3, -0.25) is 0 Å². The number of ether oxygens (including phenoxy) is 1. The minimum Gasteiger partial charge on any atom is -0.496 e. The average Bonchev–Trinajstić information content (AvgIpc) is 2.39. The van der Waals surface area contributed by atoms with E-state index in [0.717, 1.165) is 11.1 Å². The lowest BCUT2D eigenvalue weighted by molar-refractivity contribution is 0.0983. The van der Waals surface area contributed by atoms with E-state index in [-0.39, 0.29) is 0 Å². The lowest BCUT2D eigenvalue weighted by atomic mass is 9.85. The standard InChI is InChI=1S/C16H17ClO2/c1-11-6-4-5-7-13(11)16(2,18)14-10-12(17)8-9-15(14)19-3/h4-10,18H,1-3H3. The highest BCUT2D eigenvalue weighted by Crippen LogP contribution is 2.38. The quantitative estimate of drug-likeness (QED) is 0.921. The Bertz CT molecular complexity index is 591. The second-order valence-corrected chi connectivity index (χ2v) is 5.17. The van der Waals surface area contributed by atoms with Crippen LogP contribution in [-0.2, 0) is 5.60 Å². The maximum absolute atomic E-state index is 10.9. The van der Waals surface area contributed by atoms with Crippen molar-refractivity contribution in [1.82, 2.24) is 0 Å². The van der Waals surface area contributed by atoms with Crippen LogP contribution in [0.4, 0.5) is 0 Å². The van der Waals surface area contributed by atoms with Crippen LogP contribution < -0.4 is 4.74 Å². The Labute approximate surface area is 118 Å². The first-order valence-corrected chi connectivity index (χ1v) is 6.47. The summed E-state index contributed by atoms with van der Waals surface area (Å²) < 4.78 is 5.33. The van der Waals surface area contributed by atoms with Crippen LogP contribution in [0.5, 0.6) is 5.75 Å². The topological polar surface area (TPSA) is 29.5 Å². The van der Waals surface area contributed by atoms with Crippen LogP contribution >= 0.6 is 11.6 Å². The van der Waals surface area contributed by atoms with Gasteiger partial charge >= 0.3 is 0 Å². The van der Waals surface area contributed by atoms with E-state index >= 15 is 0 Å². The molecule has 19 heavy (non-hydrogen) atoms. The summed E-state index contributed by atoms with van der Waals surface area (Å²) in [7, 11) is 1.58. The average molecular weight is 277 g/mol. The molecule has 2 rings (SSSR count). The molecule has 2 aromatic rings. The molecule has 0 aliphatic heterocycles. The molecule has 2 aromatic carbocycles. The third kappa shape index (κ3) is 2.60. The molecule has 2 nitrogen and oxygen atoms in total. The summed E-state index contributed by atoms with van der Waals surface area (Å²) in [5.74, 6) is 0.623. The van der Waals surface area contributed by atoms with E-state index in [4.69, 9.17) is 16.3 Å². The van der Waals surface area contributed by atoms with Crippen LogP contribution in [-0.4, -0.2) is 12.2 Å². The van der Waals surface area contributed by atoms with Gasteiger partial charge in [-0.05, 0) is 43.2 Å². The van der Waals surface area contributed by atoms with Gasteiger partial charge in [-0.2, -0.15) is 0 Å². The first-order valence-electron chi connectivity index (χ1n) is 6.09. The highest BCUT2D eigenvalue weighted by molar-refractivity contribution is 6.30. The minimum atomic E-state index is -1.15. The van der Waals surface area contributed by atoms with Crippen molar-refractivity contribution in [3.8, 4) is 5.75 Å². The fourth-order valence-corrected chi connectivity index (χ4v) is 2.50. The predicted molar refractivity (Wildman–Crippen MR) is 77.9 cm³/mol. The van der Waals surface area contributed by atoms with Crippen molar-refractivity contribution in [3.05, 3.63) is 64.2 Å². The summed E-state index contributed by atoms with van der Waals surface area (Å²) >= 11 is 6.04. The van der Waals surface area contributed by atoms with E-state index in [9.17, 15) is 5.11 Å². The Morgan fingerprint density at radius 2 is 1.79 bits per heavy atom. The zero-order valence-corrected chi connectivity index (χ0v) is 12.0. The molecule has 0 spiro atoms. The van der Waals surface area contributed by atoms with Gasteiger partial charge in [-0.25, -0.2) is 0 Å². The Morgan fingerprint density at radius 1 is 1.11 bits per heavy atom. The largest absolute Gasteiger partial charge is 0.496 e. The zero-order valence-electron chi connectivity index (χ0n) is 11.3. The van der Waals surface area contributed by atoms with E-state index in [1.807, 2.05) is 31.2 Å². The fourth-order valence-electron chi connectivity index (χ4n) is 2.32. The normalized spacial score (nSPS) is 13.9. The van der Waals surface area contributed by atoms with E-state index in [2.05, 4.69) is 0 Å². The van der Waals surface area contributed by atoms with Gasteiger partial charge < -0.3 is 9.84 Å². The summed E-state index contributed by atoms with van der Waals surface area (Å²) in [5.41, 5.74) is 1.38. The summed E-state index contributed by atoms with van der Waals surface area (Å²) in [6.45, 7) is 3.73. The molecular formula is C16H17ClO2. The third-order valence-corrected chi connectivity index (χ3v) is 3.59. The van der Waals surface area contributed by atoms with Crippen molar-refractivity contribution in [1.29, 1.82) is 0 Å². The molecule has 1 unspecified atom stereocenters. The maximum Gasteiger partial charge on any atom is 0.125 e. The number of hydrogen-bond acceptors (Lipinski definition) is 2. The molecule has 100 valence electrons. The molecule has 3 heteroatoms. The van der Waals surface area contributed by atoms with E-state index in [1.165, 1.54) is 0 Å². The molecule has 0 fully saturated rings. The van der Waals surface area contributed by atoms with Gasteiger partial charge in [0, 0.05) is 10.6 Å². The Hall–Kier alpha value is -1.51. The molecule has 1 N–H and O–H groups in total. The number of hydrogen-bond donors (Lipinski definition) is 1. The van der Waals surface area contributed by atoms with Crippen LogP contribution in [0.15, 0.2) is 42.5 Å². The maximum atomic E-state index is 10.9. The summed E-state index contributed by atoms with van der Waals surface area (Å²) in [6.07, 6.45) is 0. The second-order valence-electron chi connectivity index (χ2n) is 4.73. The van der Waals surface area contributed by atoms with Crippen molar-refractivity contribution >= 4 is 11.6 Å². The highest BCUT2D eigenvalue weighted by Gasteiger charge is 2.30. The lowest BCUT2D eigenvalue weighted by Gasteiger charge is -2.28. The molecule has 0 heterocycles. The Kier molecular flexibility index (Phi) is 3.83. The van der Waals surface area contributed by atoms with Crippen LogP contribution in [0.25, 0.3) is 0 Å². The Balaban J connectivity index is 2.62.